The number of rotatable bonds is 8. The fourth-order valence-electron chi connectivity index (χ4n) is 4.58. The van der Waals surface area contributed by atoms with E-state index in [4.69, 9.17) is 27.9 Å². The third-order valence-electron chi connectivity index (χ3n) is 6.65. The third-order valence-corrected chi connectivity index (χ3v) is 7.23. The molecule has 11 heteroatoms. The maximum Gasteiger partial charge on any atom is 0.317 e. The van der Waals surface area contributed by atoms with Gasteiger partial charge in [-0.2, -0.15) is 0 Å². The number of nitrogens with zero attached hydrogens (tertiary/aromatic N) is 2. The molecule has 0 saturated carbocycles. The molecular weight excluding hydrogens is 541 g/mol. The van der Waals surface area contributed by atoms with Gasteiger partial charge in [0.25, 0.3) is 11.8 Å². The van der Waals surface area contributed by atoms with Crippen LogP contribution in [0.2, 0.25) is 10.0 Å². The molecule has 2 aromatic carbocycles. The number of halogens is 2. The van der Waals surface area contributed by atoms with Crippen molar-refractivity contribution in [1.82, 2.24) is 15.5 Å². The average molecular weight is 575 g/mol. The van der Waals surface area contributed by atoms with E-state index in [-0.39, 0.29) is 17.8 Å². The molecule has 0 radical (unpaired) electrons. The number of nitrogens with one attached hydrogen (secondary N) is 3. The molecule has 1 fully saturated rings. The summed E-state index contributed by atoms with van der Waals surface area (Å²) in [6, 6.07) is 10.5. The zero-order chi connectivity index (χ0) is 27.8. The Balaban J connectivity index is 1.48. The standard InChI is InChI=1S/C28H33Cl2N5O4/c1-2-31-28(38)35-13-4-12-34(14-15-35)24-9-7-20(17-23(24)33-27(37)25-5-3-16-39-25)26(36)32-11-10-19-6-8-21(29)18-22(19)30/h3,6-9,16-18,25H,2,4-5,10-15H2,1H3,(H,31,38)(H,32,36)(H,33,37). The van der Waals surface area contributed by atoms with E-state index in [1.54, 1.807) is 35.2 Å². The number of carbonyl (C=O) groups is 3. The largest absolute Gasteiger partial charge is 0.488 e. The Morgan fingerprint density at radius 1 is 1.03 bits per heavy atom. The van der Waals surface area contributed by atoms with Gasteiger partial charge in [0.2, 0.25) is 0 Å². The first-order valence-corrected chi connectivity index (χ1v) is 13.9. The number of ether oxygens (including phenoxy) is 1. The van der Waals surface area contributed by atoms with Gasteiger partial charge >= 0.3 is 6.03 Å². The van der Waals surface area contributed by atoms with Crippen molar-refractivity contribution in [2.24, 2.45) is 0 Å². The summed E-state index contributed by atoms with van der Waals surface area (Å²) in [5.41, 5.74) is 2.62. The minimum atomic E-state index is -0.614. The lowest BCUT2D eigenvalue weighted by Gasteiger charge is -2.27. The Morgan fingerprint density at radius 2 is 1.87 bits per heavy atom. The van der Waals surface area contributed by atoms with Crippen LogP contribution in [0.5, 0.6) is 0 Å². The van der Waals surface area contributed by atoms with E-state index in [1.165, 1.54) is 6.26 Å². The first-order valence-electron chi connectivity index (χ1n) is 13.1. The molecule has 4 amide bonds. The Morgan fingerprint density at radius 3 is 2.62 bits per heavy atom. The monoisotopic (exact) mass is 573 g/mol. The molecule has 1 unspecified atom stereocenters. The van der Waals surface area contributed by atoms with Gasteiger partial charge in [-0.15, -0.1) is 0 Å². The Bertz CT molecular complexity index is 1230. The summed E-state index contributed by atoms with van der Waals surface area (Å²) in [5.74, 6) is -0.547. The van der Waals surface area contributed by atoms with Crippen molar-refractivity contribution in [2.75, 3.05) is 49.5 Å². The Hall–Kier alpha value is -3.43. The summed E-state index contributed by atoms with van der Waals surface area (Å²) >= 11 is 12.2. The van der Waals surface area contributed by atoms with Crippen LogP contribution in [-0.2, 0) is 16.0 Å². The van der Waals surface area contributed by atoms with Crippen LogP contribution in [0.4, 0.5) is 16.2 Å². The Labute approximate surface area is 238 Å². The lowest BCUT2D eigenvalue weighted by Crippen LogP contribution is -2.42. The second-order valence-electron chi connectivity index (χ2n) is 9.36. The molecule has 0 aliphatic carbocycles. The lowest BCUT2D eigenvalue weighted by atomic mass is 10.1. The van der Waals surface area contributed by atoms with Crippen LogP contribution in [0.3, 0.4) is 0 Å². The zero-order valence-corrected chi connectivity index (χ0v) is 23.4. The van der Waals surface area contributed by atoms with Gasteiger partial charge in [0.05, 0.1) is 17.6 Å². The molecule has 4 rings (SSSR count). The molecule has 1 saturated heterocycles. The molecule has 9 nitrogen and oxygen atoms in total. The van der Waals surface area contributed by atoms with Crippen LogP contribution >= 0.6 is 23.2 Å². The van der Waals surface area contributed by atoms with E-state index in [0.717, 1.165) is 17.7 Å². The van der Waals surface area contributed by atoms with Crippen LogP contribution in [0.1, 0.15) is 35.7 Å². The van der Waals surface area contributed by atoms with Gasteiger partial charge in [-0.3, -0.25) is 9.59 Å². The fraction of sp³-hybridized carbons (Fsp3) is 0.393. The van der Waals surface area contributed by atoms with Crippen molar-refractivity contribution in [3.63, 3.8) is 0 Å². The smallest absolute Gasteiger partial charge is 0.317 e. The molecule has 0 bridgehead atoms. The van der Waals surface area contributed by atoms with Crippen LogP contribution in [0.25, 0.3) is 0 Å². The van der Waals surface area contributed by atoms with Crippen molar-refractivity contribution in [3.8, 4) is 0 Å². The molecule has 208 valence electrons. The summed E-state index contributed by atoms with van der Waals surface area (Å²) in [6.07, 6.45) is 4.51. The Kier molecular flexibility index (Phi) is 9.95. The minimum Gasteiger partial charge on any atom is -0.488 e. The number of hydrogen-bond acceptors (Lipinski definition) is 5. The van der Waals surface area contributed by atoms with Crippen LogP contribution in [0.15, 0.2) is 48.7 Å². The number of urea groups is 1. The van der Waals surface area contributed by atoms with Crippen molar-refractivity contribution in [3.05, 3.63) is 69.9 Å². The summed E-state index contributed by atoms with van der Waals surface area (Å²) in [4.78, 5) is 42.2. The number of anilines is 2. The number of hydrogen-bond donors (Lipinski definition) is 3. The molecule has 2 aliphatic rings. The van der Waals surface area contributed by atoms with Gasteiger partial charge in [-0.25, -0.2) is 4.79 Å². The summed E-state index contributed by atoms with van der Waals surface area (Å²) < 4.78 is 5.39. The van der Waals surface area contributed by atoms with Gasteiger partial charge in [0.1, 0.15) is 0 Å². The van der Waals surface area contributed by atoms with E-state index in [9.17, 15) is 14.4 Å². The second kappa shape index (κ2) is 13.6. The van der Waals surface area contributed by atoms with Crippen molar-refractivity contribution >= 4 is 52.4 Å². The summed E-state index contributed by atoms with van der Waals surface area (Å²) in [5, 5.41) is 9.85. The van der Waals surface area contributed by atoms with Crippen molar-refractivity contribution in [2.45, 2.75) is 32.3 Å². The SMILES string of the molecule is CCNC(=O)N1CCCN(c2ccc(C(=O)NCCc3ccc(Cl)cc3Cl)cc2NC(=O)C2CC=CO2)CC1. The number of amides is 4. The van der Waals surface area contributed by atoms with Crippen molar-refractivity contribution in [1.29, 1.82) is 0 Å². The van der Waals surface area contributed by atoms with Gasteiger partial charge in [0.15, 0.2) is 6.10 Å². The maximum absolute atomic E-state index is 13.0. The highest BCUT2D eigenvalue weighted by Gasteiger charge is 2.25. The predicted molar refractivity (Wildman–Crippen MR) is 154 cm³/mol. The molecule has 0 spiro atoms. The molecule has 2 aliphatic heterocycles. The van der Waals surface area contributed by atoms with E-state index in [1.807, 2.05) is 19.1 Å². The zero-order valence-electron chi connectivity index (χ0n) is 21.8. The molecular formula is C28H33Cl2N5O4. The first kappa shape index (κ1) is 28.6. The first-order chi connectivity index (χ1) is 18.9. The molecule has 2 aromatic rings. The quantitative estimate of drug-likeness (QED) is 0.433. The highest BCUT2D eigenvalue weighted by molar-refractivity contribution is 6.35. The van der Waals surface area contributed by atoms with Gasteiger partial charge in [-0.05, 0) is 61.7 Å². The number of benzene rings is 2. The van der Waals surface area contributed by atoms with E-state index >= 15 is 0 Å². The van der Waals surface area contributed by atoms with E-state index in [0.29, 0.717) is 73.4 Å². The lowest BCUT2D eigenvalue weighted by molar-refractivity contribution is -0.123. The van der Waals surface area contributed by atoms with Gasteiger partial charge in [0, 0.05) is 61.3 Å². The number of carbonyl (C=O) groups excluding carboxylic acids is 3. The molecule has 39 heavy (non-hydrogen) atoms. The predicted octanol–water partition coefficient (Wildman–Crippen LogP) is 4.45. The van der Waals surface area contributed by atoms with Crippen LogP contribution in [0, 0.1) is 0 Å². The van der Waals surface area contributed by atoms with Crippen molar-refractivity contribution < 1.29 is 19.1 Å². The second-order valence-corrected chi connectivity index (χ2v) is 10.2. The van der Waals surface area contributed by atoms with E-state index in [2.05, 4.69) is 20.9 Å². The topological polar surface area (TPSA) is 103 Å². The molecule has 3 N–H and O–H groups in total. The summed E-state index contributed by atoms with van der Waals surface area (Å²) in [6.45, 7) is 5.33. The van der Waals surface area contributed by atoms with Crippen LogP contribution < -0.4 is 20.9 Å². The molecule has 2 heterocycles. The van der Waals surface area contributed by atoms with Gasteiger partial charge < -0.3 is 30.5 Å². The normalized spacial score (nSPS) is 16.8. The molecule has 0 aromatic heterocycles. The molecule has 1 atom stereocenters. The highest BCUT2D eigenvalue weighted by atomic mass is 35.5. The minimum absolute atomic E-state index is 0.0781. The third kappa shape index (κ3) is 7.58. The average Bonchev–Trinajstić information content (AvgIpc) is 3.35. The highest BCUT2D eigenvalue weighted by Crippen LogP contribution is 2.29. The van der Waals surface area contributed by atoms with Crippen LogP contribution in [-0.4, -0.2) is 68.1 Å². The fourth-order valence-corrected chi connectivity index (χ4v) is 5.08. The maximum atomic E-state index is 13.0. The van der Waals surface area contributed by atoms with E-state index < -0.39 is 6.10 Å². The summed E-state index contributed by atoms with van der Waals surface area (Å²) in [7, 11) is 0. The van der Waals surface area contributed by atoms with Gasteiger partial charge in [-0.1, -0.05) is 29.3 Å².